The van der Waals surface area contributed by atoms with Crippen LogP contribution in [0.4, 0.5) is 5.13 Å². The van der Waals surface area contributed by atoms with Crippen LogP contribution in [-0.2, 0) is 9.59 Å². The first-order chi connectivity index (χ1) is 10.9. The van der Waals surface area contributed by atoms with Crippen LogP contribution in [0.1, 0.15) is 23.4 Å². The molecule has 0 atom stereocenters. The SMILES string of the molecule is Cc1nc(N/C=C(/C#N)C(=O)N2CCC(C(=O)O)CC2)sc1C. The molecule has 0 unspecified atom stereocenters. The third-order valence-corrected chi connectivity index (χ3v) is 4.85. The van der Waals surface area contributed by atoms with Crippen LogP contribution in [0.3, 0.4) is 0 Å². The number of likely N-dealkylation sites (tertiary alicyclic amines) is 1. The molecule has 1 fully saturated rings. The Morgan fingerprint density at radius 2 is 2.09 bits per heavy atom. The first-order valence-corrected chi connectivity index (χ1v) is 8.07. The molecule has 0 aliphatic carbocycles. The second kappa shape index (κ2) is 7.24. The average Bonchev–Trinajstić information content (AvgIpc) is 2.86. The van der Waals surface area contributed by atoms with Gasteiger partial charge in [0.2, 0.25) is 0 Å². The highest BCUT2D eigenvalue weighted by molar-refractivity contribution is 7.15. The van der Waals surface area contributed by atoms with Crippen LogP contribution in [-0.4, -0.2) is 40.0 Å². The molecule has 1 aliphatic rings. The van der Waals surface area contributed by atoms with E-state index in [-0.39, 0.29) is 11.5 Å². The van der Waals surface area contributed by atoms with Crippen LogP contribution in [0.15, 0.2) is 11.8 Å². The van der Waals surface area contributed by atoms with Crippen LogP contribution in [0.2, 0.25) is 0 Å². The van der Waals surface area contributed by atoms with Gasteiger partial charge < -0.3 is 15.3 Å². The number of aryl methyl sites for hydroxylation is 2. The lowest BCUT2D eigenvalue weighted by Crippen LogP contribution is -2.40. The summed E-state index contributed by atoms with van der Waals surface area (Å²) in [6.07, 6.45) is 2.19. The van der Waals surface area contributed by atoms with E-state index in [9.17, 15) is 14.9 Å². The molecule has 1 aliphatic heterocycles. The van der Waals surface area contributed by atoms with Crippen molar-refractivity contribution in [2.45, 2.75) is 26.7 Å². The molecule has 0 radical (unpaired) electrons. The van der Waals surface area contributed by atoms with Crippen LogP contribution < -0.4 is 5.32 Å². The van der Waals surface area contributed by atoms with Crippen molar-refractivity contribution < 1.29 is 14.7 Å². The van der Waals surface area contributed by atoms with Gasteiger partial charge in [0, 0.05) is 24.2 Å². The number of carboxylic acids is 1. The summed E-state index contributed by atoms with van der Waals surface area (Å²) in [7, 11) is 0. The Morgan fingerprint density at radius 3 is 2.57 bits per heavy atom. The number of carbonyl (C=O) groups is 2. The molecule has 8 heteroatoms. The van der Waals surface area contributed by atoms with E-state index in [0.29, 0.717) is 31.1 Å². The topological polar surface area (TPSA) is 106 Å². The molecule has 1 saturated heterocycles. The van der Waals surface area contributed by atoms with Gasteiger partial charge >= 0.3 is 5.97 Å². The highest BCUT2D eigenvalue weighted by atomic mass is 32.1. The van der Waals surface area contributed by atoms with Gasteiger partial charge in [0.05, 0.1) is 11.6 Å². The molecule has 0 spiro atoms. The third kappa shape index (κ3) is 4.07. The summed E-state index contributed by atoms with van der Waals surface area (Å²) in [5, 5.41) is 21.7. The predicted octanol–water partition coefficient (Wildman–Crippen LogP) is 1.90. The minimum absolute atomic E-state index is 0.00992. The van der Waals surface area contributed by atoms with Gasteiger partial charge in [-0.05, 0) is 26.7 Å². The van der Waals surface area contributed by atoms with E-state index in [0.717, 1.165) is 10.6 Å². The molecule has 0 bridgehead atoms. The van der Waals surface area contributed by atoms with Crippen LogP contribution >= 0.6 is 11.3 Å². The number of anilines is 1. The molecule has 0 saturated carbocycles. The Balaban J connectivity index is 2.00. The molecule has 122 valence electrons. The van der Waals surface area contributed by atoms with E-state index in [1.807, 2.05) is 19.9 Å². The van der Waals surface area contributed by atoms with Gasteiger partial charge in [0.15, 0.2) is 5.13 Å². The van der Waals surface area contributed by atoms with Gasteiger partial charge in [-0.1, -0.05) is 0 Å². The van der Waals surface area contributed by atoms with Crippen molar-refractivity contribution in [2.75, 3.05) is 18.4 Å². The van der Waals surface area contributed by atoms with E-state index in [2.05, 4.69) is 10.3 Å². The van der Waals surface area contributed by atoms with E-state index < -0.39 is 11.9 Å². The van der Waals surface area contributed by atoms with Gasteiger partial charge in [-0.2, -0.15) is 5.26 Å². The van der Waals surface area contributed by atoms with Crippen LogP contribution in [0, 0.1) is 31.1 Å². The van der Waals surface area contributed by atoms with E-state index >= 15 is 0 Å². The number of nitrogens with zero attached hydrogens (tertiary/aromatic N) is 3. The normalized spacial score (nSPS) is 16.0. The van der Waals surface area contributed by atoms with Gasteiger partial charge in [-0.15, -0.1) is 11.3 Å². The second-order valence-corrected chi connectivity index (χ2v) is 6.58. The van der Waals surface area contributed by atoms with Gasteiger partial charge in [0.1, 0.15) is 11.6 Å². The maximum Gasteiger partial charge on any atom is 0.306 e. The van der Waals surface area contributed by atoms with Gasteiger partial charge in [-0.25, -0.2) is 4.98 Å². The molecule has 1 amide bonds. The number of carboxylic acid groups (broad SMARTS) is 1. The molecule has 2 rings (SSSR count). The quantitative estimate of drug-likeness (QED) is 0.643. The summed E-state index contributed by atoms with van der Waals surface area (Å²) < 4.78 is 0. The maximum atomic E-state index is 12.3. The molecule has 1 aromatic heterocycles. The number of aliphatic carboxylic acids is 1. The summed E-state index contributed by atoms with van der Waals surface area (Å²) in [6.45, 7) is 4.54. The van der Waals surface area contributed by atoms with E-state index in [4.69, 9.17) is 5.11 Å². The van der Waals surface area contributed by atoms with E-state index in [1.54, 1.807) is 0 Å². The third-order valence-electron chi connectivity index (χ3n) is 3.85. The number of rotatable bonds is 4. The number of hydrogen-bond acceptors (Lipinski definition) is 6. The first-order valence-electron chi connectivity index (χ1n) is 7.25. The smallest absolute Gasteiger partial charge is 0.306 e. The Morgan fingerprint density at radius 1 is 1.43 bits per heavy atom. The fourth-order valence-electron chi connectivity index (χ4n) is 2.31. The van der Waals surface area contributed by atoms with Crippen LogP contribution in [0.25, 0.3) is 0 Å². The average molecular weight is 334 g/mol. The summed E-state index contributed by atoms with van der Waals surface area (Å²) in [5.74, 6) is -1.62. The summed E-state index contributed by atoms with van der Waals surface area (Å²) in [6, 6.07) is 1.89. The number of nitriles is 1. The van der Waals surface area contributed by atoms with E-state index in [1.165, 1.54) is 22.4 Å². The molecule has 7 nitrogen and oxygen atoms in total. The van der Waals surface area contributed by atoms with Crippen molar-refractivity contribution in [1.82, 2.24) is 9.88 Å². The minimum Gasteiger partial charge on any atom is -0.481 e. The molecule has 2 N–H and O–H groups in total. The fraction of sp³-hybridized carbons (Fsp3) is 0.467. The Hall–Kier alpha value is -2.40. The number of piperidine rings is 1. The molecule has 1 aromatic rings. The highest BCUT2D eigenvalue weighted by Gasteiger charge is 2.28. The minimum atomic E-state index is -0.829. The number of hydrogen-bond donors (Lipinski definition) is 2. The molecule has 0 aromatic carbocycles. The summed E-state index contributed by atoms with van der Waals surface area (Å²) in [4.78, 5) is 30.1. The first kappa shape index (κ1) is 17.0. The standard InChI is InChI=1S/C15H18N4O3S/c1-9-10(2)23-15(18-9)17-8-12(7-16)13(20)19-5-3-11(4-6-19)14(21)22/h8,11H,3-6H2,1-2H3,(H,17,18)(H,21,22)/b12-8-. The molecular weight excluding hydrogens is 316 g/mol. The molecule has 2 heterocycles. The number of aromatic nitrogens is 1. The van der Waals surface area contributed by atoms with Gasteiger partial charge in [0.25, 0.3) is 5.91 Å². The lowest BCUT2D eigenvalue weighted by molar-refractivity contribution is -0.145. The number of thiazole rings is 1. The zero-order valence-corrected chi connectivity index (χ0v) is 13.8. The zero-order chi connectivity index (χ0) is 17.0. The molecule has 23 heavy (non-hydrogen) atoms. The summed E-state index contributed by atoms with van der Waals surface area (Å²) in [5.41, 5.74) is 0.899. The second-order valence-electron chi connectivity index (χ2n) is 5.38. The highest BCUT2D eigenvalue weighted by Crippen LogP contribution is 2.22. The largest absolute Gasteiger partial charge is 0.481 e. The van der Waals surface area contributed by atoms with Crippen molar-refractivity contribution in [3.63, 3.8) is 0 Å². The van der Waals surface area contributed by atoms with Crippen LogP contribution in [0.5, 0.6) is 0 Å². The molecular formula is C15H18N4O3S. The lowest BCUT2D eigenvalue weighted by atomic mass is 9.97. The number of amides is 1. The van der Waals surface area contributed by atoms with Crippen molar-refractivity contribution in [1.29, 1.82) is 5.26 Å². The lowest BCUT2D eigenvalue weighted by Gasteiger charge is -2.29. The maximum absolute atomic E-state index is 12.3. The zero-order valence-electron chi connectivity index (χ0n) is 13.0. The number of carbonyl (C=O) groups excluding carboxylic acids is 1. The number of nitrogens with one attached hydrogen (secondary N) is 1. The summed E-state index contributed by atoms with van der Waals surface area (Å²) >= 11 is 1.45. The van der Waals surface area contributed by atoms with Crippen molar-refractivity contribution in [2.24, 2.45) is 5.92 Å². The monoisotopic (exact) mass is 334 g/mol. The Bertz CT molecular complexity index is 662. The van der Waals surface area contributed by atoms with Crippen molar-refractivity contribution >= 4 is 28.3 Å². The van der Waals surface area contributed by atoms with Gasteiger partial charge in [-0.3, -0.25) is 9.59 Å². The fourth-order valence-corrected chi connectivity index (χ4v) is 3.09. The predicted molar refractivity (Wildman–Crippen MR) is 85.8 cm³/mol. The van der Waals surface area contributed by atoms with Crippen molar-refractivity contribution in [3.05, 3.63) is 22.3 Å². The Kier molecular flexibility index (Phi) is 5.34. The Labute approximate surface area is 138 Å². The van der Waals surface area contributed by atoms with Crippen molar-refractivity contribution in [3.8, 4) is 6.07 Å².